The molecule has 2 rings (SSSR count). The van der Waals surface area contributed by atoms with Crippen molar-refractivity contribution >= 4 is 40.6 Å². The van der Waals surface area contributed by atoms with Gasteiger partial charge in [-0.25, -0.2) is 4.98 Å². The number of carbonyl (C=O) groups is 1. The second-order valence-corrected chi connectivity index (χ2v) is 4.87. The van der Waals surface area contributed by atoms with E-state index in [1.54, 1.807) is 30.3 Å². The second kappa shape index (κ2) is 5.70. The van der Waals surface area contributed by atoms with Crippen LogP contribution in [0.5, 0.6) is 0 Å². The highest BCUT2D eigenvalue weighted by Crippen LogP contribution is 2.25. The van der Waals surface area contributed by atoms with Crippen molar-refractivity contribution in [2.75, 3.05) is 0 Å². The van der Waals surface area contributed by atoms with Gasteiger partial charge in [0.05, 0.1) is 0 Å². The fraction of sp³-hybridized carbons (Fsp3) is 0.0769. The molecular formula is C13H8Cl3NO. The van der Waals surface area contributed by atoms with Crippen LogP contribution in [0.3, 0.4) is 0 Å². The molecule has 0 aliphatic heterocycles. The Morgan fingerprint density at radius 3 is 2.28 bits per heavy atom. The molecule has 0 bridgehead atoms. The zero-order chi connectivity index (χ0) is 13.1. The van der Waals surface area contributed by atoms with Crippen molar-refractivity contribution < 1.29 is 4.79 Å². The van der Waals surface area contributed by atoms with Crippen molar-refractivity contribution in [3.05, 3.63) is 62.9 Å². The number of benzene rings is 1. The smallest absolute Gasteiger partial charge is 0.168 e. The molecule has 1 aromatic carbocycles. The summed E-state index contributed by atoms with van der Waals surface area (Å²) >= 11 is 17.7. The third-order valence-electron chi connectivity index (χ3n) is 2.45. The maximum Gasteiger partial charge on any atom is 0.168 e. The van der Waals surface area contributed by atoms with Crippen molar-refractivity contribution in [3.63, 3.8) is 0 Å². The predicted molar refractivity (Wildman–Crippen MR) is 73.7 cm³/mol. The first-order chi connectivity index (χ1) is 8.58. The average molecular weight is 301 g/mol. The number of pyridine rings is 1. The molecular weight excluding hydrogens is 293 g/mol. The number of carbonyl (C=O) groups excluding carboxylic acids is 1. The van der Waals surface area contributed by atoms with Gasteiger partial charge in [-0.1, -0.05) is 40.9 Å². The number of rotatable bonds is 3. The minimum Gasteiger partial charge on any atom is -0.294 e. The quantitative estimate of drug-likeness (QED) is 0.618. The lowest BCUT2D eigenvalue weighted by Crippen LogP contribution is -2.05. The van der Waals surface area contributed by atoms with Crippen molar-refractivity contribution in [2.45, 2.75) is 6.42 Å². The normalized spacial score (nSPS) is 10.4. The summed E-state index contributed by atoms with van der Waals surface area (Å²) in [4.78, 5) is 15.9. The van der Waals surface area contributed by atoms with Crippen LogP contribution in [-0.4, -0.2) is 10.8 Å². The summed E-state index contributed by atoms with van der Waals surface area (Å²) in [7, 11) is 0. The van der Waals surface area contributed by atoms with E-state index in [2.05, 4.69) is 4.98 Å². The number of ketones is 1. The van der Waals surface area contributed by atoms with E-state index >= 15 is 0 Å². The molecule has 1 aromatic heterocycles. The van der Waals surface area contributed by atoms with E-state index in [4.69, 9.17) is 34.8 Å². The first kappa shape index (κ1) is 13.3. The summed E-state index contributed by atoms with van der Waals surface area (Å²) in [6, 6.07) is 8.35. The molecule has 0 radical (unpaired) electrons. The molecule has 0 saturated heterocycles. The molecule has 0 fully saturated rings. The van der Waals surface area contributed by atoms with Gasteiger partial charge >= 0.3 is 0 Å². The molecule has 2 nitrogen and oxygen atoms in total. The maximum absolute atomic E-state index is 12.0. The van der Waals surface area contributed by atoms with Crippen molar-refractivity contribution in [2.24, 2.45) is 0 Å². The summed E-state index contributed by atoms with van der Waals surface area (Å²) in [5.41, 5.74) is 1.11. The summed E-state index contributed by atoms with van der Waals surface area (Å²) in [5.74, 6) is -0.103. The maximum atomic E-state index is 12.0. The Morgan fingerprint density at radius 2 is 1.72 bits per heavy atom. The highest BCUT2D eigenvalue weighted by Gasteiger charge is 2.12. The number of aromatic nitrogens is 1. The van der Waals surface area contributed by atoms with Gasteiger partial charge < -0.3 is 0 Å². The fourth-order valence-electron chi connectivity index (χ4n) is 1.50. The zero-order valence-corrected chi connectivity index (χ0v) is 11.4. The fourth-order valence-corrected chi connectivity index (χ4v) is 2.15. The van der Waals surface area contributed by atoms with Gasteiger partial charge in [0.25, 0.3) is 0 Å². The minimum absolute atomic E-state index is 0.103. The first-order valence-electron chi connectivity index (χ1n) is 5.15. The van der Waals surface area contributed by atoms with Gasteiger partial charge in [0.15, 0.2) is 5.78 Å². The molecule has 92 valence electrons. The average Bonchev–Trinajstić information content (AvgIpc) is 2.34. The predicted octanol–water partition coefficient (Wildman–Crippen LogP) is 4.47. The summed E-state index contributed by atoms with van der Waals surface area (Å²) in [6.45, 7) is 0. The van der Waals surface area contributed by atoms with Gasteiger partial charge in [0, 0.05) is 28.2 Å². The standard InChI is InChI=1S/C13H8Cl3NO/c14-10-2-1-3-11(15)9(10)6-12(18)8-4-5-13(16)17-7-8/h1-5,7H,6H2. The van der Waals surface area contributed by atoms with E-state index in [-0.39, 0.29) is 12.2 Å². The van der Waals surface area contributed by atoms with E-state index in [1.807, 2.05) is 0 Å². The second-order valence-electron chi connectivity index (χ2n) is 3.67. The topological polar surface area (TPSA) is 30.0 Å². The van der Waals surface area contributed by atoms with Crippen LogP contribution >= 0.6 is 34.8 Å². The largest absolute Gasteiger partial charge is 0.294 e. The molecule has 0 aliphatic carbocycles. The number of hydrogen-bond donors (Lipinski definition) is 0. The van der Waals surface area contributed by atoms with Crippen molar-refractivity contribution in [1.29, 1.82) is 0 Å². The Hall–Kier alpha value is -1.09. The van der Waals surface area contributed by atoms with Crippen LogP contribution in [0.4, 0.5) is 0 Å². The molecule has 0 spiro atoms. The molecule has 0 N–H and O–H groups in total. The van der Waals surface area contributed by atoms with E-state index in [9.17, 15) is 4.79 Å². The molecule has 5 heteroatoms. The van der Waals surface area contributed by atoms with Crippen LogP contribution in [0, 0.1) is 0 Å². The van der Waals surface area contributed by atoms with Gasteiger partial charge in [-0.05, 0) is 29.8 Å². The highest BCUT2D eigenvalue weighted by atomic mass is 35.5. The summed E-state index contributed by atoms with van der Waals surface area (Å²) in [5, 5.41) is 1.32. The molecule has 18 heavy (non-hydrogen) atoms. The van der Waals surface area contributed by atoms with E-state index < -0.39 is 0 Å². The Balaban J connectivity index is 2.24. The molecule has 0 aliphatic rings. The monoisotopic (exact) mass is 299 g/mol. The van der Waals surface area contributed by atoms with Gasteiger partial charge in [-0.2, -0.15) is 0 Å². The molecule has 0 atom stereocenters. The lowest BCUT2D eigenvalue weighted by Gasteiger charge is -2.06. The Kier molecular flexibility index (Phi) is 4.23. The van der Waals surface area contributed by atoms with Crippen LogP contribution in [0.25, 0.3) is 0 Å². The summed E-state index contributed by atoms with van der Waals surface area (Å²) < 4.78 is 0. The lowest BCUT2D eigenvalue weighted by molar-refractivity contribution is 0.0992. The lowest BCUT2D eigenvalue weighted by atomic mass is 10.0. The molecule has 0 amide bonds. The van der Waals surface area contributed by atoms with E-state index in [1.165, 1.54) is 6.20 Å². The number of Topliss-reactive ketones (excluding diaryl/α,β-unsaturated/α-hetero) is 1. The SMILES string of the molecule is O=C(Cc1c(Cl)cccc1Cl)c1ccc(Cl)nc1. The van der Waals surface area contributed by atoms with Crippen LogP contribution in [0.1, 0.15) is 15.9 Å². The number of nitrogens with zero attached hydrogens (tertiary/aromatic N) is 1. The van der Waals surface area contributed by atoms with E-state index in [0.717, 1.165) is 0 Å². The van der Waals surface area contributed by atoms with Crippen LogP contribution in [0.2, 0.25) is 15.2 Å². The molecule has 0 unspecified atom stereocenters. The Morgan fingerprint density at radius 1 is 1.06 bits per heavy atom. The first-order valence-corrected chi connectivity index (χ1v) is 6.29. The Labute approximate surface area is 120 Å². The van der Waals surface area contributed by atoms with E-state index in [0.29, 0.717) is 26.3 Å². The van der Waals surface area contributed by atoms with Crippen molar-refractivity contribution in [1.82, 2.24) is 4.98 Å². The van der Waals surface area contributed by atoms with Gasteiger partial charge in [-0.15, -0.1) is 0 Å². The van der Waals surface area contributed by atoms with Crippen LogP contribution in [0.15, 0.2) is 36.5 Å². The third-order valence-corrected chi connectivity index (χ3v) is 3.38. The summed E-state index contributed by atoms with van der Waals surface area (Å²) in [6.07, 6.45) is 1.58. The minimum atomic E-state index is -0.103. The van der Waals surface area contributed by atoms with Crippen molar-refractivity contribution in [3.8, 4) is 0 Å². The molecule has 1 heterocycles. The van der Waals surface area contributed by atoms with Gasteiger partial charge in [-0.3, -0.25) is 4.79 Å². The number of halogens is 3. The number of hydrogen-bond acceptors (Lipinski definition) is 2. The molecule has 2 aromatic rings. The van der Waals surface area contributed by atoms with Gasteiger partial charge in [0.2, 0.25) is 0 Å². The molecule has 0 saturated carbocycles. The highest BCUT2D eigenvalue weighted by molar-refractivity contribution is 6.36. The van der Waals surface area contributed by atoms with Crippen LogP contribution in [-0.2, 0) is 6.42 Å². The zero-order valence-electron chi connectivity index (χ0n) is 9.16. The van der Waals surface area contributed by atoms with Crippen LogP contribution < -0.4 is 0 Å². The third kappa shape index (κ3) is 3.02. The van der Waals surface area contributed by atoms with Gasteiger partial charge in [0.1, 0.15) is 5.15 Å². The Bertz CT molecular complexity index is 561.